The molecule has 1 aromatic carbocycles. The van der Waals surface area contributed by atoms with Crippen LogP contribution in [0.15, 0.2) is 30.5 Å². The molecule has 1 aliphatic rings. The van der Waals surface area contributed by atoms with Crippen LogP contribution < -0.4 is 0 Å². The van der Waals surface area contributed by atoms with Crippen molar-refractivity contribution in [2.75, 3.05) is 0 Å². The maximum absolute atomic E-state index is 9.03. The molecule has 0 amide bonds. The summed E-state index contributed by atoms with van der Waals surface area (Å²) in [5.41, 5.74) is 3.46. The number of nitrogens with zero attached hydrogens (tertiary/aromatic N) is 4. The summed E-state index contributed by atoms with van der Waals surface area (Å²) < 4.78 is 2.07. The molecular formula is C17H17N5. The summed E-state index contributed by atoms with van der Waals surface area (Å²) >= 11 is 0. The lowest BCUT2D eigenvalue weighted by Gasteiger charge is -2.21. The van der Waals surface area contributed by atoms with Crippen molar-refractivity contribution in [2.24, 2.45) is 0 Å². The molecule has 0 atom stereocenters. The van der Waals surface area contributed by atoms with Crippen LogP contribution in [-0.4, -0.2) is 19.7 Å². The van der Waals surface area contributed by atoms with E-state index >= 15 is 0 Å². The van der Waals surface area contributed by atoms with Gasteiger partial charge in [0.15, 0.2) is 5.65 Å². The van der Waals surface area contributed by atoms with E-state index in [1.54, 1.807) is 6.07 Å². The van der Waals surface area contributed by atoms with E-state index in [1.807, 2.05) is 24.4 Å². The van der Waals surface area contributed by atoms with Gasteiger partial charge in [-0.2, -0.15) is 10.4 Å². The van der Waals surface area contributed by atoms with Crippen molar-refractivity contribution in [1.29, 1.82) is 5.26 Å². The van der Waals surface area contributed by atoms with Crippen LogP contribution in [0.5, 0.6) is 0 Å². The van der Waals surface area contributed by atoms with E-state index in [0.29, 0.717) is 11.6 Å². The Morgan fingerprint density at radius 1 is 1.23 bits per heavy atom. The van der Waals surface area contributed by atoms with E-state index in [4.69, 9.17) is 10.2 Å². The minimum absolute atomic E-state index is 0.466. The van der Waals surface area contributed by atoms with Gasteiger partial charge in [0.25, 0.3) is 0 Å². The number of imidazole rings is 1. The van der Waals surface area contributed by atoms with Crippen molar-refractivity contribution >= 4 is 11.2 Å². The van der Waals surface area contributed by atoms with E-state index in [-0.39, 0.29) is 0 Å². The molecule has 2 heterocycles. The number of aromatic nitrogens is 4. The Balaban J connectivity index is 1.74. The lowest BCUT2D eigenvalue weighted by atomic mass is 9.96. The first-order valence-electron chi connectivity index (χ1n) is 7.79. The Morgan fingerprint density at radius 3 is 2.91 bits per heavy atom. The zero-order valence-corrected chi connectivity index (χ0v) is 12.3. The molecule has 1 saturated carbocycles. The van der Waals surface area contributed by atoms with Crippen molar-refractivity contribution in [3.63, 3.8) is 0 Å². The van der Waals surface area contributed by atoms with Gasteiger partial charge < -0.3 is 4.98 Å². The highest BCUT2D eigenvalue weighted by Gasteiger charge is 2.20. The van der Waals surface area contributed by atoms with Crippen LogP contribution >= 0.6 is 0 Å². The zero-order chi connectivity index (χ0) is 14.9. The number of benzene rings is 1. The van der Waals surface area contributed by atoms with Gasteiger partial charge in [0.05, 0.1) is 23.9 Å². The first kappa shape index (κ1) is 13.1. The van der Waals surface area contributed by atoms with Crippen LogP contribution in [0.3, 0.4) is 0 Å². The van der Waals surface area contributed by atoms with Crippen LogP contribution in [0.4, 0.5) is 0 Å². The Hall–Kier alpha value is -2.61. The molecule has 0 radical (unpaired) electrons. The Bertz CT molecular complexity index is 845. The minimum Gasteiger partial charge on any atom is -0.335 e. The number of nitriles is 1. The quantitative estimate of drug-likeness (QED) is 0.780. The van der Waals surface area contributed by atoms with E-state index < -0.39 is 0 Å². The summed E-state index contributed by atoms with van der Waals surface area (Å²) in [6.45, 7) is 0. The predicted octanol–water partition coefficient (Wildman–Crippen LogP) is 3.80. The molecule has 0 bridgehead atoms. The fraction of sp³-hybridized carbons (Fsp3) is 0.353. The van der Waals surface area contributed by atoms with Crippen molar-refractivity contribution < 1.29 is 0 Å². The molecule has 1 aliphatic carbocycles. The Morgan fingerprint density at radius 2 is 2.09 bits per heavy atom. The summed E-state index contributed by atoms with van der Waals surface area (Å²) in [7, 11) is 0. The van der Waals surface area contributed by atoms with Crippen molar-refractivity contribution in [3.05, 3.63) is 36.0 Å². The average Bonchev–Trinajstić information content (AvgIpc) is 3.16. The maximum atomic E-state index is 9.03. The highest BCUT2D eigenvalue weighted by molar-refractivity contribution is 5.76. The van der Waals surface area contributed by atoms with Crippen molar-refractivity contribution in [3.8, 4) is 17.5 Å². The van der Waals surface area contributed by atoms with Crippen LogP contribution in [0.1, 0.15) is 43.7 Å². The molecule has 22 heavy (non-hydrogen) atoms. The van der Waals surface area contributed by atoms with Crippen LogP contribution in [0.2, 0.25) is 0 Å². The largest absolute Gasteiger partial charge is 0.335 e. The first-order chi connectivity index (χ1) is 10.8. The number of hydrogen-bond acceptors (Lipinski definition) is 3. The number of hydrogen-bond donors (Lipinski definition) is 1. The molecule has 1 fully saturated rings. The molecule has 0 saturated heterocycles. The molecule has 0 unspecified atom stereocenters. The average molecular weight is 291 g/mol. The van der Waals surface area contributed by atoms with Gasteiger partial charge in [-0.3, -0.25) is 0 Å². The second kappa shape index (κ2) is 5.30. The standard InChI is InChI=1S/C17H17N5/c18-10-12-5-4-6-13(9-12)16-20-15-11-19-22(17(15)21-16)14-7-2-1-3-8-14/h4-6,9,11,14H,1-3,7-8H2,(H,20,21). The second-order valence-corrected chi connectivity index (χ2v) is 5.90. The second-order valence-electron chi connectivity index (χ2n) is 5.90. The molecule has 1 N–H and O–H groups in total. The van der Waals surface area contributed by atoms with Gasteiger partial charge in [-0.05, 0) is 25.0 Å². The summed E-state index contributed by atoms with van der Waals surface area (Å²) in [5.74, 6) is 0.800. The van der Waals surface area contributed by atoms with Crippen LogP contribution in [-0.2, 0) is 0 Å². The summed E-state index contributed by atoms with van der Waals surface area (Å²) in [6, 6.07) is 10.1. The SMILES string of the molecule is N#Cc1cccc(-c2nc3c(cnn3C3CCCCC3)[nH]2)c1. The first-order valence-corrected chi connectivity index (χ1v) is 7.79. The lowest BCUT2D eigenvalue weighted by Crippen LogP contribution is -2.14. The number of nitrogens with one attached hydrogen (secondary N) is 1. The third kappa shape index (κ3) is 2.17. The molecule has 3 aromatic rings. The molecule has 110 valence electrons. The number of aromatic amines is 1. The van der Waals surface area contributed by atoms with Gasteiger partial charge >= 0.3 is 0 Å². The van der Waals surface area contributed by atoms with Crippen molar-refractivity contribution in [2.45, 2.75) is 38.1 Å². The van der Waals surface area contributed by atoms with Gasteiger partial charge in [-0.1, -0.05) is 31.4 Å². The highest BCUT2D eigenvalue weighted by atomic mass is 15.3. The highest BCUT2D eigenvalue weighted by Crippen LogP contribution is 2.30. The lowest BCUT2D eigenvalue weighted by molar-refractivity contribution is 0.336. The molecular weight excluding hydrogens is 274 g/mol. The number of fused-ring (bicyclic) bond motifs is 1. The Kier molecular flexibility index (Phi) is 3.15. The predicted molar refractivity (Wildman–Crippen MR) is 84.2 cm³/mol. The molecule has 4 rings (SSSR count). The fourth-order valence-electron chi connectivity index (χ4n) is 3.28. The summed E-state index contributed by atoms with van der Waals surface area (Å²) in [4.78, 5) is 8.05. The summed E-state index contributed by atoms with van der Waals surface area (Å²) in [5, 5.41) is 13.5. The number of H-pyrrole nitrogens is 1. The van der Waals surface area contributed by atoms with Crippen LogP contribution in [0.25, 0.3) is 22.6 Å². The van der Waals surface area contributed by atoms with E-state index in [1.165, 1.54) is 32.1 Å². The smallest absolute Gasteiger partial charge is 0.177 e. The molecule has 0 spiro atoms. The van der Waals surface area contributed by atoms with E-state index in [2.05, 4.69) is 20.8 Å². The minimum atomic E-state index is 0.466. The van der Waals surface area contributed by atoms with Gasteiger partial charge in [0, 0.05) is 5.56 Å². The topological polar surface area (TPSA) is 70.3 Å². The molecule has 2 aromatic heterocycles. The number of rotatable bonds is 2. The maximum Gasteiger partial charge on any atom is 0.177 e. The van der Waals surface area contributed by atoms with Gasteiger partial charge in [-0.25, -0.2) is 9.67 Å². The van der Waals surface area contributed by atoms with Gasteiger partial charge in [-0.15, -0.1) is 0 Å². The van der Waals surface area contributed by atoms with Gasteiger partial charge in [0.2, 0.25) is 0 Å². The summed E-state index contributed by atoms with van der Waals surface area (Å²) in [6.07, 6.45) is 8.09. The van der Waals surface area contributed by atoms with Gasteiger partial charge in [0.1, 0.15) is 11.3 Å². The zero-order valence-electron chi connectivity index (χ0n) is 12.3. The van der Waals surface area contributed by atoms with E-state index in [9.17, 15) is 0 Å². The molecule has 5 nitrogen and oxygen atoms in total. The fourth-order valence-corrected chi connectivity index (χ4v) is 3.28. The third-order valence-corrected chi connectivity index (χ3v) is 4.43. The third-order valence-electron chi connectivity index (χ3n) is 4.43. The molecule has 0 aliphatic heterocycles. The normalized spacial score (nSPS) is 16.0. The van der Waals surface area contributed by atoms with Crippen LogP contribution in [0, 0.1) is 11.3 Å². The van der Waals surface area contributed by atoms with E-state index in [0.717, 1.165) is 22.6 Å². The monoisotopic (exact) mass is 291 g/mol. The molecule has 5 heteroatoms. The van der Waals surface area contributed by atoms with Crippen molar-refractivity contribution in [1.82, 2.24) is 19.7 Å². The Labute approximate surface area is 128 Å².